The van der Waals surface area contributed by atoms with Gasteiger partial charge in [-0.15, -0.1) is 0 Å². The topological polar surface area (TPSA) is 9.23 Å². The standard InChI is InChI=1S/C10H18OSi/c1-4-11-10(12(2)3)9-7-5-6-8-9/h5,7-8,10,12H,4,6H2,1-3H3. The molecule has 0 spiro atoms. The predicted molar refractivity (Wildman–Crippen MR) is 56.1 cm³/mol. The van der Waals surface area contributed by atoms with E-state index in [0.717, 1.165) is 13.0 Å². The van der Waals surface area contributed by atoms with Gasteiger partial charge in [-0.25, -0.2) is 0 Å². The SMILES string of the molecule is CCOC(C1=CCC=C1)[SiH](C)C. The molecule has 0 saturated heterocycles. The second-order valence-corrected chi connectivity index (χ2v) is 6.56. The van der Waals surface area contributed by atoms with Crippen molar-refractivity contribution in [2.45, 2.75) is 32.2 Å². The summed E-state index contributed by atoms with van der Waals surface area (Å²) in [6, 6.07) is 0. The Kier molecular flexibility index (Phi) is 3.76. The van der Waals surface area contributed by atoms with Crippen molar-refractivity contribution >= 4 is 8.80 Å². The molecule has 0 saturated carbocycles. The third-order valence-corrected chi connectivity index (χ3v) is 3.87. The molecule has 1 rings (SSSR count). The zero-order valence-corrected chi connectivity index (χ0v) is 9.36. The van der Waals surface area contributed by atoms with E-state index in [-0.39, 0.29) is 0 Å². The molecule has 1 aliphatic rings. The highest BCUT2D eigenvalue weighted by Crippen LogP contribution is 2.18. The molecule has 0 heterocycles. The first-order valence-corrected chi connectivity index (χ1v) is 7.71. The number of rotatable bonds is 4. The first-order chi connectivity index (χ1) is 5.75. The second-order valence-electron chi connectivity index (χ2n) is 3.46. The van der Waals surface area contributed by atoms with E-state index in [9.17, 15) is 0 Å². The van der Waals surface area contributed by atoms with Crippen molar-refractivity contribution < 1.29 is 4.74 Å². The summed E-state index contributed by atoms with van der Waals surface area (Å²) in [5.41, 5.74) is 1.85. The van der Waals surface area contributed by atoms with Crippen LogP contribution in [-0.4, -0.2) is 21.1 Å². The molecule has 0 fully saturated rings. The molecule has 1 nitrogen and oxygen atoms in total. The van der Waals surface area contributed by atoms with E-state index in [1.54, 1.807) is 0 Å². The van der Waals surface area contributed by atoms with Crippen LogP contribution < -0.4 is 0 Å². The highest BCUT2D eigenvalue weighted by atomic mass is 28.3. The molecule has 0 aromatic heterocycles. The summed E-state index contributed by atoms with van der Waals surface area (Å²) in [6.45, 7) is 7.59. The van der Waals surface area contributed by atoms with Gasteiger partial charge in [-0.2, -0.15) is 0 Å². The summed E-state index contributed by atoms with van der Waals surface area (Å²) >= 11 is 0. The van der Waals surface area contributed by atoms with Gasteiger partial charge < -0.3 is 4.74 Å². The van der Waals surface area contributed by atoms with Crippen LogP contribution in [-0.2, 0) is 4.74 Å². The molecule has 0 bridgehead atoms. The first-order valence-electron chi connectivity index (χ1n) is 4.74. The predicted octanol–water partition coefficient (Wildman–Crippen LogP) is 2.30. The van der Waals surface area contributed by atoms with Crippen molar-refractivity contribution in [1.82, 2.24) is 0 Å². The maximum atomic E-state index is 5.73. The van der Waals surface area contributed by atoms with E-state index in [4.69, 9.17) is 4.74 Å². The van der Waals surface area contributed by atoms with E-state index in [2.05, 4.69) is 38.2 Å². The monoisotopic (exact) mass is 182 g/mol. The van der Waals surface area contributed by atoms with Crippen LogP contribution in [0.1, 0.15) is 13.3 Å². The first kappa shape index (κ1) is 9.74. The zero-order valence-electron chi connectivity index (χ0n) is 8.21. The summed E-state index contributed by atoms with van der Waals surface area (Å²) in [6.07, 6.45) is 7.80. The van der Waals surface area contributed by atoms with Crippen LogP contribution in [0.3, 0.4) is 0 Å². The van der Waals surface area contributed by atoms with Crippen LogP contribution in [0.5, 0.6) is 0 Å². The Morgan fingerprint density at radius 3 is 2.75 bits per heavy atom. The molecule has 1 unspecified atom stereocenters. The molecule has 1 atom stereocenters. The molecule has 0 N–H and O–H groups in total. The molecular formula is C10H18OSi. The van der Waals surface area contributed by atoms with Crippen molar-refractivity contribution in [2.75, 3.05) is 6.61 Å². The largest absolute Gasteiger partial charge is 0.378 e. The Morgan fingerprint density at radius 2 is 2.33 bits per heavy atom. The molecule has 0 aliphatic heterocycles. The fourth-order valence-electron chi connectivity index (χ4n) is 1.54. The van der Waals surface area contributed by atoms with E-state index < -0.39 is 8.80 Å². The van der Waals surface area contributed by atoms with Crippen LogP contribution in [0.15, 0.2) is 23.8 Å². The van der Waals surface area contributed by atoms with Crippen LogP contribution in [0, 0.1) is 0 Å². The van der Waals surface area contributed by atoms with Gasteiger partial charge in [0.25, 0.3) is 0 Å². The normalized spacial score (nSPS) is 18.5. The van der Waals surface area contributed by atoms with Crippen molar-refractivity contribution in [3.8, 4) is 0 Å². The Hall–Kier alpha value is -0.343. The Morgan fingerprint density at radius 1 is 1.58 bits per heavy atom. The van der Waals surface area contributed by atoms with Gasteiger partial charge in [0.15, 0.2) is 0 Å². The molecule has 1 aliphatic carbocycles. The van der Waals surface area contributed by atoms with E-state index in [1.165, 1.54) is 5.57 Å². The van der Waals surface area contributed by atoms with Gasteiger partial charge in [-0.1, -0.05) is 31.3 Å². The van der Waals surface area contributed by atoms with Gasteiger partial charge in [0, 0.05) is 6.61 Å². The van der Waals surface area contributed by atoms with Crippen molar-refractivity contribution in [3.63, 3.8) is 0 Å². The minimum Gasteiger partial charge on any atom is -0.378 e. The lowest BCUT2D eigenvalue weighted by atomic mass is 10.3. The van der Waals surface area contributed by atoms with Gasteiger partial charge in [-0.3, -0.25) is 0 Å². The highest BCUT2D eigenvalue weighted by Gasteiger charge is 2.18. The second kappa shape index (κ2) is 4.63. The summed E-state index contributed by atoms with van der Waals surface area (Å²) in [5.74, 6) is 0. The number of allylic oxidation sites excluding steroid dienone is 2. The van der Waals surface area contributed by atoms with Gasteiger partial charge in [0.05, 0.1) is 14.5 Å². The minimum absolute atomic E-state index is 0.439. The third kappa shape index (κ3) is 2.32. The molecule has 2 heteroatoms. The number of hydrogen-bond donors (Lipinski definition) is 0. The van der Waals surface area contributed by atoms with Crippen molar-refractivity contribution in [3.05, 3.63) is 23.8 Å². The fourth-order valence-corrected chi connectivity index (χ4v) is 3.13. The van der Waals surface area contributed by atoms with Gasteiger partial charge in [-0.05, 0) is 18.9 Å². The van der Waals surface area contributed by atoms with Crippen LogP contribution in [0.25, 0.3) is 0 Å². The smallest absolute Gasteiger partial charge is 0.0713 e. The number of ether oxygens (including phenoxy) is 1. The van der Waals surface area contributed by atoms with Crippen molar-refractivity contribution in [2.24, 2.45) is 0 Å². The van der Waals surface area contributed by atoms with Gasteiger partial charge in [0.2, 0.25) is 0 Å². The lowest BCUT2D eigenvalue weighted by Gasteiger charge is -2.20. The molecule has 12 heavy (non-hydrogen) atoms. The average molecular weight is 182 g/mol. The molecule has 0 aromatic rings. The minimum atomic E-state index is -0.698. The van der Waals surface area contributed by atoms with Crippen molar-refractivity contribution in [1.29, 1.82) is 0 Å². The lowest BCUT2D eigenvalue weighted by Crippen LogP contribution is -2.29. The van der Waals surface area contributed by atoms with E-state index >= 15 is 0 Å². The summed E-state index contributed by atoms with van der Waals surface area (Å²) in [5, 5.41) is 0. The van der Waals surface area contributed by atoms with E-state index in [1.807, 2.05) is 0 Å². The molecular weight excluding hydrogens is 164 g/mol. The Bertz CT molecular complexity index is 194. The van der Waals surface area contributed by atoms with Crippen LogP contribution >= 0.6 is 0 Å². The quantitative estimate of drug-likeness (QED) is 0.606. The summed E-state index contributed by atoms with van der Waals surface area (Å²) in [4.78, 5) is 0. The lowest BCUT2D eigenvalue weighted by molar-refractivity contribution is 0.139. The maximum absolute atomic E-state index is 5.73. The van der Waals surface area contributed by atoms with Crippen LogP contribution in [0.2, 0.25) is 13.1 Å². The van der Waals surface area contributed by atoms with Gasteiger partial charge in [0.1, 0.15) is 0 Å². The Labute approximate surface area is 76.7 Å². The summed E-state index contributed by atoms with van der Waals surface area (Å²) in [7, 11) is -0.698. The molecule has 0 amide bonds. The zero-order chi connectivity index (χ0) is 8.97. The number of hydrogen-bond acceptors (Lipinski definition) is 1. The van der Waals surface area contributed by atoms with Crippen LogP contribution in [0.4, 0.5) is 0 Å². The highest BCUT2D eigenvalue weighted by molar-refractivity contribution is 6.58. The Balaban J connectivity index is 2.58. The average Bonchev–Trinajstić information content (AvgIpc) is 2.51. The maximum Gasteiger partial charge on any atom is 0.0713 e. The molecule has 0 aromatic carbocycles. The molecule has 68 valence electrons. The molecule has 0 radical (unpaired) electrons. The van der Waals surface area contributed by atoms with Gasteiger partial charge >= 0.3 is 0 Å². The van der Waals surface area contributed by atoms with E-state index in [0.29, 0.717) is 5.73 Å². The third-order valence-electron chi connectivity index (χ3n) is 2.08. The fraction of sp³-hybridized carbons (Fsp3) is 0.600. The summed E-state index contributed by atoms with van der Waals surface area (Å²) < 4.78 is 5.73.